The lowest BCUT2D eigenvalue weighted by atomic mass is 10.1. The van der Waals surface area contributed by atoms with Crippen molar-refractivity contribution in [2.24, 2.45) is 0 Å². The maximum absolute atomic E-state index is 10.2. The number of nitrogens with zero attached hydrogens (tertiary/aromatic N) is 5. The summed E-state index contributed by atoms with van der Waals surface area (Å²) in [5, 5.41) is 23.0. The van der Waals surface area contributed by atoms with Gasteiger partial charge in [-0.2, -0.15) is 0 Å². The van der Waals surface area contributed by atoms with Crippen molar-refractivity contribution < 1.29 is 10.2 Å². The van der Waals surface area contributed by atoms with Gasteiger partial charge in [-0.1, -0.05) is 0 Å². The van der Waals surface area contributed by atoms with Gasteiger partial charge >= 0.3 is 0 Å². The molecule has 3 aromatic heterocycles. The molecule has 0 aromatic carbocycles. The van der Waals surface area contributed by atoms with E-state index in [1.807, 2.05) is 10.6 Å². The minimum absolute atomic E-state index is 0.201. The van der Waals surface area contributed by atoms with E-state index in [2.05, 4.69) is 25.3 Å². The average Bonchev–Trinajstić information content (AvgIpc) is 3.18. The number of imidazole rings is 1. The van der Waals surface area contributed by atoms with Gasteiger partial charge in [0.25, 0.3) is 0 Å². The maximum Gasteiger partial charge on any atom is 0.180 e. The van der Waals surface area contributed by atoms with Gasteiger partial charge in [0.05, 0.1) is 29.3 Å². The number of hydrogen-bond donors (Lipinski definition) is 3. The molecule has 9 heteroatoms. The summed E-state index contributed by atoms with van der Waals surface area (Å²) in [7, 11) is 0. The largest absolute Gasteiger partial charge is 0.390 e. The van der Waals surface area contributed by atoms with Crippen molar-refractivity contribution in [3.8, 4) is 0 Å². The van der Waals surface area contributed by atoms with Crippen molar-refractivity contribution in [1.29, 1.82) is 0 Å². The van der Waals surface area contributed by atoms with Gasteiger partial charge in [-0.25, -0.2) is 19.9 Å². The Kier molecular flexibility index (Phi) is 4.05. The van der Waals surface area contributed by atoms with E-state index >= 15 is 0 Å². The lowest BCUT2D eigenvalue weighted by Gasteiger charge is -2.15. The molecule has 0 saturated carbocycles. The van der Waals surface area contributed by atoms with Crippen LogP contribution in [-0.4, -0.2) is 52.5 Å². The number of anilines is 1. The van der Waals surface area contributed by atoms with Crippen molar-refractivity contribution in [3.63, 3.8) is 0 Å². The van der Waals surface area contributed by atoms with E-state index in [-0.39, 0.29) is 5.25 Å². The topological polar surface area (TPSA) is 108 Å². The second-order valence-electron chi connectivity index (χ2n) is 5.56. The van der Waals surface area contributed by atoms with Crippen molar-refractivity contribution in [1.82, 2.24) is 24.3 Å². The molecule has 1 saturated heterocycles. The van der Waals surface area contributed by atoms with Gasteiger partial charge in [0, 0.05) is 42.6 Å². The van der Waals surface area contributed by atoms with Gasteiger partial charge in [-0.05, 0) is 0 Å². The van der Waals surface area contributed by atoms with Crippen LogP contribution in [0.3, 0.4) is 0 Å². The van der Waals surface area contributed by atoms with Crippen LogP contribution in [0.4, 0.5) is 5.82 Å². The molecule has 3 aromatic rings. The standard InChI is InChI=1S/C15H16N6O2S/c22-11-7-24-13(12(11)23)10-6-20-15-14(18-1-2-21(10)15)19-5-9-3-16-8-17-4-9/h1-4,6,8,11-13,22-23H,5,7H2,(H,18,19)/t11-,12-,13+/m1/s1. The maximum atomic E-state index is 10.2. The van der Waals surface area contributed by atoms with Crippen LogP contribution in [0, 0.1) is 0 Å². The van der Waals surface area contributed by atoms with Gasteiger partial charge in [-0.3, -0.25) is 4.40 Å². The minimum atomic E-state index is -0.791. The van der Waals surface area contributed by atoms with E-state index in [0.29, 0.717) is 23.8 Å². The highest BCUT2D eigenvalue weighted by atomic mass is 32.2. The van der Waals surface area contributed by atoms with Gasteiger partial charge in [-0.15, -0.1) is 11.8 Å². The molecule has 124 valence electrons. The highest BCUT2D eigenvalue weighted by molar-refractivity contribution is 7.99. The van der Waals surface area contributed by atoms with Crippen molar-refractivity contribution in [3.05, 3.63) is 48.6 Å². The quantitative estimate of drug-likeness (QED) is 0.633. The fourth-order valence-electron chi connectivity index (χ4n) is 2.74. The molecule has 3 atom stereocenters. The van der Waals surface area contributed by atoms with Crippen LogP contribution in [0.15, 0.2) is 37.3 Å². The summed E-state index contributed by atoms with van der Waals surface area (Å²) < 4.78 is 1.90. The Morgan fingerprint density at radius 1 is 1.21 bits per heavy atom. The molecule has 0 unspecified atom stereocenters. The normalized spacial score (nSPS) is 23.7. The molecular weight excluding hydrogens is 328 g/mol. The molecule has 0 spiro atoms. The Morgan fingerprint density at radius 2 is 2.04 bits per heavy atom. The SMILES string of the molecule is O[C@@H]1[C@H](O)CS[C@H]1c1cnc2c(NCc3cncnc3)nccn12. The van der Waals surface area contributed by atoms with Crippen molar-refractivity contribution in [2.45, 2.75) is 24.0 Å². The number of aliphatic hydroxyl groups is 2. The molecule has 4 heterocycles. The Bertz CT molecular complexity index is 842. The number of nitrogens with one attached hydrogen (secondary N) is 1. The first-order chi connectivity index (χ1) is 11.7. The third kappa shape index (κ3) is 2.70. The van der Waals surface area contributed by atoms with Crippen LogP contribution in [0.1, 0.15) is 16.5 Å². The fraction of sp³-hybridized carbons (Fsp3) is 0.333. The van der Waals surface area contributed by atoms with E-state index in [9.17, 15) is 10.2 Å². The third-order valence-electron chi connectivity index (χ3n) is 3.97. The van der Waals surface area contributed by atoms with E-state index in [4.69, 9.17) is 0 Å². The molecule has 24 heavy (non-hydrogen) atoms. The monoisotopic (exact) mass is 344 g/mol. The van der Waals surface area contributed by atoms with Crippen LogP contribution >= 0.6 is 11.8 Å². The molecule has 1 aliphatic heterocycles. The first kappa shape index (κ1) is 15.3. The van der Waals surface area contributed by atoms with Crippen LogP contribution in [0.5, 0.6) is 0 Å². The number of aromatic nitrogens is 5. The summed E-state index contributed by atoms with van der Waals surface area (Å²) in [4.78, 5) is 16.7. The van der Waals surface area contributed by atoms with E-state index in [1.165, 1.54) is 18.1 Å². The molecule has 1 aliphatic rings. The summed E-state index contributed by atoms with van der Waals surface area (Å²) in [5.74, 6) is 1.16. The molecule has 1 fully saturated rings. The molecule has 0 bridgehead atoms. The second-order valence-corrected chi connectivity index (χ2v) is 6.74. The van der Waals surface area contributed by atoms with Gasteiger partial charge in [0.2, 0.25) is 0 Å². The molecular formula is C15H16N6O2S. The molecule has 3 N–H and O–H groups in total. The summed E-state index contributed by atoms with van der Waals surface area (Å²) in [5.41, 5.74) is 2.48. The fourth-order valence-corrected chi connectivity index (χ4v) is 4.07. The number of thioether (sulfide) groups is 1. The lowest BCUT2D eigenvalue weighted by Crippen LogP contribution is -2.25. The highest BCUT2D eigenvalue weighted by Gasteiger charge is 2.37. The zero-order valence-electron chi connectivity index (χ0n) is 12.6. The first-order valence-corrected chi connectivity index (χ1v) is 8.56. The number of fused-ring (bicyclic) bond motifs is 1. The first-order valence-electron chi connectivity index (χ1n) is 7.51. The van der Waals surface area contributed by atoms with E-state index in [1.54, 1.807) is 24.8 Å². The van der Waals surface area contributed by atoms with Gasteiger partial charge in [0.1, 0.15) is 6.33 Å². The van der Waals surface area contributed by atoms with Gasteiger partial charge in [0.15, 0.2) is 11.5 Å². The minimum Gasteiger partial charge on any atom is -0.390 e. The number of rotatable bonds is 4. The molecule has 0 amide bonds. The van der Waals surface area contributed by atoms with E-state index in [0.717, 1.165) is 11.3 Å². The van der Waals surface area contributed by atoms with Crippen LogP contribution in [0.25, 0.3) is 5.65 Å². The summed E-state index contributed by atoms with van der Waals surface area (Å²) in [6, 6.07) is 0. The average molecular weight is 344 g/mol. The number of hydrogen-bond acceptors (Lipinski definition) is 8. The Balaban J connectivity index is 1.62. The molecule has 8 nitrogen and oxygen atoms in total. The van der Waals surface area contributed by atoms with Gasteiger partial charge < -0.3 is 15.5 Å². The van der Waals surface area contributed by atoms with Crippen molar-refractivity contribution in [2.75, 3.05) is 11.1 Å². The summed E-state index contributed by atoms with van der Waals surface area (Å²) in [6.07, 6.45) is 8.70. The Labute approximate surface area is 142 Å². The zero-order chi connectivity index (χ0) is 16.5. The molecule has 0 aliphatic carbocycles. The van der Waals surface area contributed by atoms with Crippen molar-refractivity contribution >= 4 is 23.2 Å². The Hall–Kier alpha value is -2.23. The van der Waals surface area contributed by atoms with E-state index < -0.39 is 12.2 Å². The molecule has 0 radical (unpaired) electrons. The van der Waals surface area contributed by atoms with Crippen LogP contribution in [-0.2, 0) is 6.54 Å². The smallest absolute Gasteiger partial charge is 0.180 e. The summed E-state index contributed by atoms with van der Waals surface area (Å²) >= 11 is 1.53. The van der Waals surface area contributed by atoms with Crippen LogP contribution < -0.4 is 5.32 Å². The predicted octanol–water partition coefficient (Wildman–Crippen LogP) is 0.641. The third-order valence-corrected chi connectivity index (χ3v) is 5.39. The second kappa shape index (κ2) is 6.34. The predicted molar refractivity (Wildman–Crippen MR) is 89.6 cm³/mol. The zero-order valence-corrected chi connectivity index (χ0v) is 13.5. The Morgan fingerprint density at radius 3 is 2.79 bits per heavy atom. The molecule has 4 rings (SSSR count). The van der Waals surface area contributed by atoms with Crippen LogP contribution in [0.2, 0.25) is 0 Å². The summed E-state index contributed by atoms with van der Waals surface area (Å²) in [6.45, 7) is 0.537. The highest BCUT2D eigenvalue weighted by Crippen LogP contribution is 2.40. The lowest BCUT2D eigenvalue weighted by molar-refractivity contribution is 0.0411. The number of aliphatic hydroxyl groups excluding tert-OH is 2.